The molecule has 53 heavy (non-hydrogen) atoms. The standard InChI is InChI=1S/C43H43N3O7/c1-28(33-20-19-31-11-6-7-12-34(31)21-33)45(2)25-37-23-39(32-17-15-29(26-47)16-18-32)53-42(52-37)35-13-8-14-36(22-35)46-40(48)24-38(41(46)49)44-43(50)51-27-30-9-4-3-5-10-30/h3-22,28,37-39,42,47H,23-27H2,1-2H3,(H,44,50). The minimum absolute atomic E-state index is 0.0421. The molecule has 2 fully saturated rings. The first-order valence-electron chi connectivity index (χ1n) is 17.9. The van der Waals surface area contributed by atoms with E-state index in [0.717, 1.165) is 21.6 Å². The van der Waals surface area contributed by atoms with E-state index >= 15 is 0 Å². The van der Waals surface area contributed by atoms with Crippen molar-refractivity contribution in [1.82, 2.24) is 10.2 Å². The molecule has 3 amide bonds. The van der Waals surface area contributed by atoms with Crippen LogP contribution in [-0.4, -0.2) is 53.7 Å². The van der Waals surface area contributed by atoms with Crippen LogP contribution in [0, 0.1) is 0 Å². The van der Waals surface area contributed by atoms with Gasteiger partial charge >= 0.3 is 6.09 Å². The molecule has 0 aromatic heterocycles. The maximum absolute atomic E-state index is 13.5. The Morgan fingerprint density at radius 2 is 1.62 bits per heavy atom. The summed E-state index contributed by atoms with van der Waals surface area (Å²) in [6.07, 6.45) is -1.70. The molecular weight excluding hydrogens is 670 g/mol. The minimum Gasteiger partial charge on any atom is -0.445 e. The maximum atomic E-state index is 13.5. The number of aliphatic hydroxyl groups is 1. The molecule has 2 saturated heterocycles. The Morgan fingerprint density at radius 1 is 0.868 bits per heavy atom. The summed E-state index contributed by atoms with van der Waals surface area (Å²) in [5.74, 6) is -0.978. The summed E-state index contributed by atoms with van der Waals surface area (Å²) in [6, 6.07) is 37.9. The van der Waals surface area contributed by atoms with Gasteiger partial charge < -0.3 is 24.6 Å². The van der Waals surface area contributed by atoms with E-state index < -0.39 is 30.2 Å². The maximum Gasteiger partial charge on any atom is 0.408 e. The van der Waals surface area contributed by atoms with Gasteiger partial charge in [0, 0.05) is 24.6 Å². The number of benzene rings is 5. The van der Waals surface area contributed by atoms with Crippen molar-refractivity contribution < 1.29 is 33.7 Å². The second-order valence-corrected chi connectivity index (χ2v) is 13.7. The number of ether oxygens (including phenoxy) is 3. The van der Waals surface area contributed by atoms with Crippen molar-refractivity contribution in [3.05, 3.63) is 149 Å². The van der Waals surface area contributed by atoms with E-state index in [2.05, 4.69) is 54.5 Å². The summed E-state index contributed by atoms with van der Waals surface area (Å²) in [5, 5.41) is 14.6. The Morgan fingerprint density at radius 3 is 2.40 bits per heavy atom. The van der Waals surface area contributed by atoms with Crippen molar-refractivity contribution in [1.29, 1.82) is 0 Å². The van der Waals surface area contributed by atoms with Crippen LogP contribution in [0.15, 0.2) is 121 Å². The summed E-state index contributed by atoms with van der Waals surface area (Å²) in [6.45, 7) is 2.80. The second-order valence-electron chi connectivity index (χ2n) is 13.7. The number of amides is 3. The Hall–Kier alpha value is -5.39. The molecule has 5 aromatic rings. The molecule has 0 spiro atoms. The number of carbonyl (C=O) groups is 3. The second kappa shape index (κ2) is 16.1. The third kappa shape index (κ3) is 8.32. The van der Waals surface area contributed by atoms with Crippen LogP contribution in [0.1, 0.15) is 66.0 Å². The Labute approximate surface area is 308 Å². The van der Waals surface area contributed by atoms with Gasteiger partial charge in [-0.25, -0.2) is 9.69 Å². The highest BCUT2D eigenvalue weighted by Crippen LogP contribution is 2.40. The molecule has 2 N–H and O–H groups in total. The molecule has 0 aliphatic carbocycles. The van der Waals surface area contributed by atoms with Gasteiger partial charge in [-0.2, -0.15) is 0 Å². The molecule has 5 unspecified atom stereocenters. The lowest BCUT2D eigenvalue weighted by molar-refractivity contribution is -0.253. The van der Waals surface area contributed by atoms with Crippen molar-refractivity contribution in [2.45, 2.75) is 63.6 Å². The van der Waals surface area contributed by atoms with Crippen LogP contribution >= 0.6 is 0 Å². The SMILES string of the molecule is CC(c1ccc2ccccc2c1)N(C)CC1CC(c2ccc(CO)cc2)OC(c2cccc(N3C(=O)CC(NC(=O)OCc4ccccc4)C3=O)c2)O1. The lowest BCUT2D eigenvalue weighted by Crippen LogP contribution is -2.42. The van der Waals surface area contributed by atoms with Gasteiger partial charge in [-0.15, -0.1) is 0 Å². The molecule has 10 nitrogen and oxygen atoms in total. The summed E-state index contributed by atoms with van der Waals surface area (Å²) in [4.78, 5) is 42.6. The van der Waals surface area contributed by atoms with Crippen molar-refractivity contribution in [2.75, 3.05) is 18.5 Å². The number of hydrogen-bond donors (Lipinski definition) is 2. The van der Waals surface area contributed by atoms with Crippen molar-refractivity contribution in [2.24, 2.45) is 0 Å². The fraction of sp³-hybridized carbons (Fsp3) is 0.279. The molecule has 272 valence electrons. The topological polar surface area (TPSA) is 118 Å². The number of anilines is 1. The lowest BCUT2D eigenvalue weighted by atomic mass is 9.98. The highest BCUT2D eigenvalue weighted by atomic mass is 16.7. The van der Waals surface area contributed by atoms with E-state index in [1.165, 1.54) is 16.3 Å². The Kier molecular flexibility index (Phi) is 10.9. The molecule has 2 aliphatic rings. The number of imide groups is 1. The number of nitrogens with zero attached hydrogens (tertiary/aromatic N) is 2. The quantitative estimate of drug-likeness (QED) is 0.139. The van der Waals surface area contributed by atoms with Gasteiger partial charge in [0.2, 0.25) is 5.91 Å². The normalized spacial score (nSPS) is 20.9. The van der Waals surface area contributed by atoms with Crippen LogP contribution in [0.2, 0.25) is 0 Å². The highest BCUT2D eigenvalue weighted by Gasteiger charge is 2.41. The molecule has 2 heterocycles. The molecule has 7 rings (SSSR count). The molecule has 0 saturated carbocycles. The van der Waals surface area contributed by atoms with E-state index in [4.69, 9.17) is 14.2 Å². The molecule has 0 bridgehead atoms. The Bertz CT molecular complexity index is 2070. The average Bonchev–Trinajstić information content (AvgIpc) is 3.47. The first-order valence-corrected chi connectivity index (χ1v) is 17.9. The zero-order valence-electron chi connectivity index (χ0n) is 29.8. The van der Waals surface area contributed by atoms with Crippen molar-refractivity contribution >= 4 is 34.4 Å². The lowest BCUT2D eigenvalue weighted by Gasteiger charge is -2.39. The fourth-order valence-corrected chi connectivity index (χ4v) is 6.97. The number of aliphatic hydroxyl groups excluding tert-OH is 1. The predicted molar refractivity (Wildman–Crippen MR) is 201 cm³/mol. The summed E-state index contributed by atoms with van der Waals surface area (Å²) >= 11 is 0. The number of likely N-dealkylation sites (N-methyl/N-ethyl adjacent to an activating group) is 1. The molecular formula is C43H43N3O7. The average molecular weight is 714 g/mol. The van der Waals surface area contributed by atoms with Crippen molar-refractivity contribution in [3.63, 3.8) is 0 Å². The van der Waals surface area contributed by atoms with Crippen LogP contribution in [0.5, 0.6) is 0 Å². The third-order valence-corrected chi connectivity index (χ3v) is 10.1. The van der Waals surface area contributed by atoms with E-state index in [1.807, 2.05) is 72.8 Å². The largest absolute Gasteiger partial charge is 0.445 e. The van der Waals surface area contributed by atoms with E-state index in [0.29, 0.717) is 24.2 Å². The first-order chi connectivity index (χ1) is 25.7. The fourth-order valence-electron chi connectivity index (χ4n) is 6.97. The number of carbonyl (C=O) groups excluding carboxylic acids is 3. The van der Waals surface area contributed by atoms with Gasteiger partial charge in [-0.3, -0.25) is 14.5 Å². The molecule has 0 radical (unpaired) electrons. The van der Waals surface area contributed by atoms with Gasteiger partial charge in [-0.05, 0) is 65.2 Å². The van der Waals surface area contributed by atoms with Crippen LogP contribution < -0.4 is 10.2 Å². The number of nitrogens with one attached hydrogen (secondary N) is 1. The minimum atomic E-state index is -1.05. The first kappa shape index (κ1) is 36.0. The smallest absolute Gasteiger partial charge is 0.408 e. The molecule has 5 atom stereocenters. The van der Waals surface area contributed by atoms with E-state index in [9.17, 15) is 19.5 Å². The zero-order valence-corrected chi connectivity index (χ0v) is 29.8. The number of fused-ring (bicyclic) bond motifs is 1. The summed E-state index contributed by atoms with van der Waals surface area (Å²) in [5.41, 5.74) is 4.78. The van der Waals surface area contributed by atoms with Crippen LogP contribution in [0.3, 0.4) is 0 Å². The van der Waals surface area contributed by atoms with Crippen LogP contribution in [0.4, 0.5) is 10.5 Å². The van der Waals surface area contributed by atoms with Crippen LogP contribution in [-0.2, 0) is 37.0 Å². The van der Waals surface area contributed by atoms with E-state index in [1.54, 1.807) is 18.2 Å². The molecule has 5 aromatic carbocycles. The highest BCUT2D eigenvalue weighted by molar-refractivity contribution is 6.23. The zero-order chi connectivity index (χ0) is 36.9. The van der Waals surface area contributed by atoms with Gasteiger partial charge in [0.1, 0.15) is 12.6 Å². The summed E-state index contributed by atoms with van der Waals surface area (Å²) in [7, 11) is 2.09. The van der Waals surface area contributed by atoms with E-state index in [-0.39, 0.29) is 37.9 Å². The van der Waals surface area contributed by atoms with Gasteiger partial charge in [-0.1, -0.05) is 103 Å². The number of alkyl carbamates (subject to hydrolysis) is 1. The number of rotatable bonds is 11. The van der Waals surface area contributed by atoms with Crippen LogP contribution in [0.25, 0.3) is 10.8 Å². The molecule has 10 heteroatoms. The summed E-state index contributed by atoms with van der Waals surface area (Å²) < 4.78 is 18.5. The number of hydrogen-bond acceptors (Lipinski definition) is 8. The monoisotopic (exact) mass is 713 g/mol. The Balaban J connectivity index is 1.07. The van der Waals surface area contributed by atoms with Gasteiger partial charge in [0.05, 0.1) is 30.9 Å². The van der Waals surface area contributed by atoms with Crippen molar-refractivity contribution in [3.8, 4) is 0 Å². The van der Waals surface area contributed by atoms with Gasteiger partial charge in [0.25, 0.3) is 5.91 Å². The third-order valence-electron chi connectivity index (χ3n) is 10.1. The van der Waals surface area contributed by atoms with Gasteiger partial charge in [0.15, 0.2) is 6.29 Å². The predicted octanol–water partition coefficient (Wildman–Crippen LogP) is 7.13. The molecule has 2 aliphatic heterocycles.